The zero-order valence-electron chi connectivity index (χ0n) is 20.8. The molecule has 0 unspecified atom stereocenters. The maximum atomic E-state index is 15.1. The lowest BCUT2D eigenvalue weighted by Crippen LogP contribution is -2.55. The summed E-state index contributed by atoms with van der Waals surface area (Å²) in [6.45, 7) is 3.81. The molecule has 3 N–H and O–H groups in total. The van der Waals surface area contributed by atoms with Gasteiger partial charge in [0.2, 0.25) is 0 Å². The molecule has 3 heterocycles. The lowest BCUT2D eigenvalue weighted by atomic mass is 10.1. The van der Waals surface area contributed by atoms with E-state index in [0.717, 1.165) is 12.1 Å². The molecule has 0 aliphatic carbocycles. The van der Waals surface area contributed by atoms with Crippen molar-refractivity contribution in [3.8, 4) is 5.69 Å². The van der Waals surface area contributed by atoms with Crippen LogP contribution in [-0.4, -0.2) is 93.4 Å². The highest BCUT2D eigenvalue weighted by Crippen LogP contribution is 2.31. The Labute approximate surface area is 221 Å². The molecule has 1 aromatic carbocycles. The van der Waals surface area contributed by atoms with Crippen molar-refractivity contribution in [1.29, 1.82) is 0 Å². The normalized spacial score (nSPS) is 20.8. The molecule has 2 atom stereocenters. The molecule has 4 rings (SSSR count). The average molecular weight is 556 g/mol. The summed E-state index contributed by atoms with van der Waals surface area (Å²) in [6.07, 6.45) is -1.11. The zero-order valence-corrected chi connectivity index (χ0v) is 21.6. The van der Waals surface area contributed by atoms with E-state index in [1.807, 2.05) is 0 Å². The van der Waals surface area contributed by atoms with Crippen molar-refractivity contribution in [3.63, 3.8) is 0 Å². The summed E-state index contributed by atoms with van der Waals surface area (Å²) in [4.78, 5) is 27.9. The lowest BCUT2D eigenvalue weighted by Gasteiger charge is -2.37. The van der Waals surface area contributed by atoms with Crippen LogP contribution >= 0.6 is 12.2 Å². The number of hydrogen-bond donors (Lipinski definition) is 3. The molecule has 2 saturated heterocycles. The van der Waals surface area contributed by atoms with Gasteiger partial charge in [-0.1, -0.05) is 5.21 Å². The van der Waals surface area contributed by atoms with Gasteiger partial charge in [-0.25, -0.2) is 18.9 Å². The number of methoxy groups -OCH3 is 1. The number of thiocarbonyl (C=S) groups is 1. The Morgan fingerprint density at radius 3 is 2.42 bits per heavy atom. The Kier molecular flexibility index (Phi) is 8.05. The summed E-state index contributed by atoms with van der Waals surface area (Å²) in [5, 5.41) is 19.8. The maximum absolute atomic E-state index is 15.1. The number of hydrogen-bond acceptors (Lipinski definition) is 10. The van der Waals surface area contributed by atoms with Gasteiger partial charge in [-0.3, -0.25) is 14.8 Å². The number of benzene rings is 1. The highest BCUT2D eigenvalue weighted by Gasteiger charge is 2.50. The van der Waals surface area contributed by atoms with Crippen LogP contribution in [-0.2, 0) is 30.3 Å². The highest BCUT2D eigenvalue weighted by molar-refractivity contribution is 7.80. The molecule has 13 nitrogen and oxygen atoms in total. The van der Waals surface area contributed by atoms with Gasteiger partial charge in [-0.2, -0.15) is 0 Å². The number of anilines is 1. The first kappa shape index (κ1) is 27.6. The number of hydroxylamine groups is 1. The fourth-order valence-electron chi connectivity index (χ4n) is 4.25. The van der Waals surface area contributed by atoms with Crippen LogP contribution in [0, 0.1) is 11.6 Å². The van der Waals surface area contributed by atoms with E-state index in [4.69, 9.17) is 31.6 Å². The van der Waals surface area contributed by atoms with Gasteiger partial charge in [0.25, 0.3) is 17.0 Å². The summed E-state index contributed by atoms with van der Waals surface area (Å²) in [6, 6.07) is 2.29. The quantitative estimate of drug-likeness (QED) is 0.256. The maximum Gasteiger partial charge on any atom is 0.275 e. The third kappa shape index (κ3) is 5.82. The van der Waals surface area contributed by atoms with Gasteiger partial charge in [-0.15, -0.1) is 5.10 Å². The first-order valence-electron chi connectivity index (χ1n) is 11.6. The number of carbonyl (C=O) groups is 2. The number of amides is 2. The van der Waals surface area contributed by atoms with E-state index in [2.05, 4.69) is 15.6 Å². The Bertz CT molecular complexity index is 1200. The molecule has 1 aromatic heterocycles. The number of rotatable bonds is 6. The van der Waals surface area contributed by atoms with E-state index in [9.17, 15) is 9.59 Å². The number of aromatic nitrogens is 3. The van der Waals surface area contributed by atoms with Crippen LogP contribution in [0.4, 0.5) is 14.5 Å². The van der Waals surface area contributed by atoms with Crippen LogP contribution < -0.4 is 15.7 Å². The number of halogens is 2. The van der Waals surface area contributed by atoms with Gasteiger partial charge >= 0.3 is 0 Å². The molecule has 2 aliphatic rings. The Hall–Kier alpha value is -3.47. The first-order valence-corrected chi connectivity index (χ1v) is 12.0. The van der Waals surface area contributed by atoms with Crippen LogP contribution in [0.3, 0.4) is 0 Å². The molecule has 0 bridgehead atoms. The van der Waals surface area contributed by atoms with Crippen LogP contribution in [0.2, 0.25) is 0 Å². The van der Waals surface area contributed by atoms with Crippen molar-refractivity contribution in [2.45, 2.75) is 38.4 Å². The van der Waals surface area contributed by atoms with E-state index >= 15 is 8.78 Å². The number of piperazine rings is 1. The molecule has 2 aliphatic heterocycles. The fraction of sp³-hybridized carbons (Fsp3) is 0.500. The van der Waals surface area contributed by atoms with Crippen molar-refractivity contribution in [2.75, 3.05) is 38.2 Å². The lowest BCUT2D eigenvalue weighted by molar-refractivity contribution is -0.164. The largest absolute Gasteiger partial charge is 0.474 e. The van der Waals surface area contributed by atoms with E-state index < -0.39 is 41.4 Å². The minimum Gasteiger partial charge on any atom is -0.474 e. The van der Waals surface area contributed by atoms with Gasteiger partial charge in [0.05, 0.1) is 25.5 Å². The SMILES string of the molecule is COC(=S)NCc1cn(-c2cc(F)c(N3CCN(C(=O)[C@@H]4OC(C)(C)O[C@H]4C(=O)NO)CC3)c(F)c2)nn1. The molecule has 0 saturated carbocycles. The second kappa shape index (κ2) is 11.1. The molecular weight excluding hydrogens is 528 g/mol. The molecular formula is C22H27F2N7O6S. The predicted molar refractivity (Wildman–Crippen MR) is 130 cm³/mol. The zero-order chi connectivity index (χ0) is 27.6. The average Bonchev–Trinajstić information content (AvgIpc) is 3.50. The van der Waals surface area contributed by atoms with Gasteiger partial charge in [0.1, 0.15) is 11.4 Å². The second-order valence-corrected chi connectivity index (χ2v) is 9.39. The summed E-state index contributed by atoms with van der Waals surface area (Å²) in [5.74, 6) is -4.26. The van der Waals surface area contributed by atoms with Crippen LogP contribution in [0.15, 0.2) is 18.3 Å². The van der Waals surface area contributed by atoms with Gasteiger partial charge in [-0.05, 0) is 26.1 Å². The third-order valence-electron chi connectivity index (χ3n) is 6.02. The van der Waals surface area contributed by atoms with E-state index in [1.54, 1.807) is 13.8 Å². The van der Waals surface area contributed by atoms with E-state index in [-0.39, 0.29) is 49.3 Å². The Morgan fingerprint density at radius 2 is 1.82 bits per heavy atom. The molecule has 2 amide bonds. The molecule has 38 heavy (non-hydrogen) atoms. The molecule has 0 radical (unpaired) electrons. The van der Waals surface area contributed by atoms with Crippen LogP contribution in [0.25, 0.3) is 5.69 Å². The summed E-state index contributed by atoms with van der Waals surface area (Å²) < 4.78 is 47.3. The van der Waals surface area contributed by atoms with Crippen LogP contribution in [0.5, 0.6) is 0 Å². The second-order valence-electron chi connectivity index (χ2n) is 9.02. The molecule has 206 valence electrons. The van der Waals surface area contributed by atoms with E-state index in [1.165, 1.54) is 33.3 Å². The Morgan fingerprint density at radius 1 is 1.18 bits per heavy atom. The number of ether oxygens (including phenoxy) is 3. The van der Waals surface area contributed by atoms with Crippen molar-refractivity contribution in [3.05, 3.63) is 35.7 Å². The van der Waals surface area contributed by atoms with Crippen LogP contribution in [0.1, 0.15) is 19.5 Å². The first-order chi connectivity index (χ1) is 18.0. The number of carbonyl (C=O) groups excluding carboxylic acids is 2. The molecule has 2 aromatic rings. The number of nitrogens with one attached hydrogen (secondary N) is 2. The molecule has 2 fully saturated rings. The minimum absolute atomic E-state index is 0.121. The summed E-state index contributed by atoms with van der Waals surface area (Å²) in [5.41, 5.74) is 1.86. The predicted octanol–water partition coefficient (Wildman–Crippen LogP) is 0.241. The fourth-order valence-corrected chi connectivity index (χ4v) is 4.33. The van der Waals surface area contributed by atoms with Crippen molar-refractivity contribution < 1.29 is 37.8 Å². The van der Waals surface area contributed by atoms with Crippen molar-refractivity contribution >= 4 is 34.9 Å². The van der Waals surface area contributed by atoms with Crippen molar-refractivity contribution in [2.24, 2.45) is 0 Å². The third-order valence-corrected chi connectivity index (χ3v) is 6.33. The van der Waals surface area contributed by atoms with Crippen molar-refractivity contribution in [1.82, 2.24) is 30.7 Å². The molecule has 0 spiro atoms. The van der Waals surface area contributed by atoms with Gasteiger partial charge in [0.15, 0.2) is 29.6 Å². The smallest absolute Gasteiger partial charge is 0.275 e. The molecule has 16 heteroatoms. The monoisotopic (exact) mass is 555 g/mol. The van der Waals surface area contributed by atoms with E-state index in [0.29, 0.717) is 5.69 Å². The summed E-state index contributed by atoms with van der Waals surface area (Å²) >= 11 is 4.89. The van der Waals surface area contributed by atoms with Gasteiger partial charge < -0.3 is 29.3 Å². The highest BCUT2D eigenvalue weighted by atomic mass is 32.1. The topological polar surface area (TPSA) is 143 Å². The standard InChI is InChI=1S/C22H27F2N7O6S/c1-22(2)36-17(19(32)27-34)18(37-22)20(33)30-6-4-29(5-7-30)16-14(23)8-13(9-15(16)24)31-11-12(26-28-31)10-25-21(38)35-3/h8-9,11,17-18,34H,4-7,10H2,1-3H3,(H,25,38)(H,27,32)/t17-,18-/m1/s1. The Balaban J connectivity index is 1.42. The summed E-state index contributed by atoms with van der Waals surface area (Å²) in [7, 11) is 1.42. The van der Waals surface area contributed by atoms with Gasteiger partial charge in [0, 0.05) is 38.3 Å². The number of nitrogens with zero attached hydrogens (tertiary/aromatic N) is 5. The minimum atomic E-state index is -1.34.